The van der Waals surface area contributed by atoms with E-state index in [-0.39, 0.29) is 12.7 Å². The molecule has 2 fully saturated rings. The molecule has 2 rings (SSSR count). The molecule has 1 N–H and O–H groups in total. The average molecular weight is 271 g/mol. The minimum atomic E-state index is -0.880. The van der Waals surface area contributed by atoms with Crippen molar-refractivity contribution in [1.82, 2.24) is 4.90 Å². The van der Waals surface area contributed by atoms with Crippen molar-refractivity contribution >= 4 is 5.97 Å². The van der Waals surface area contributed by atoms with Crippen LogP contribution in [0.1, 0.15) is 39.5 Å². The summed E-state index contributed by atoms with van der Waals surface area (Å²) < 4.78 is 11.1. The summed E-state index contributed by atoms with van der Waals surface area (Å²) in [5.41, 5.74) is 0. The van der Waals surface area contributed by atoms with E-state index >= 15 is 0 Å². The lowest BCUT2D eigenvalue weighted by molar-refractivity contribution is -0.145. The molecule has 0 bridgehead atoms. The number of nitrogens with zero attached hydrogens (tertiary/aromatic N) is 1. The van der Waals surface area contributed by atoms with Gasteiger partial charge in [-0.3, -0.25) is 4.90 Å². The number of hydrogen-bond acceptors (Lipinski definition) is 4. The van der Waals surface area contributed by atoms with E-state index in [0.29, 0.717) is 18.2 Å². The zero-order valence-electron chi connectivity index (χ0n) is 11.9. The zero-order chi connectivity index (χ0) is 13.8. The molecule has 2 saturated heterocycles. The molecule has 0 radical (unpaired) electrons. The molecule has 2 atom stereocenters. The molecule has 5 heteroatoms. The lowest BCUT2D eigenvalue weighted by Crippen LogP contribution is -2.48. The summed E-state index contributed by atoms with van der Waals surface area (Å²) >= 11 is 0. The van der Waals surface area contributed by atoms with Gasteiger partial charge in [0.25, 0.3) is 0 Å². The fraction of sp³-hybridized carbons (Fsp3) is 0.929. The minimum absolute atomic E-state index is 0.113. The average Bonchev–Trinajstić information content (AvgIpc) is 2.36. The molecule has 5 nitrogen and oxygen atoms in total. The molecule has 0 aromatic rings. The number of hydrogen-bond donors (Lipinski definition) is 1. The molecule has 2 unspecified atom stereocenters. The van der Waals surface area contributed by atoms with Crippen molar-refractivity contribution in [3.05, 3.63) is 0 Å². The first-order chi connectivity index (χ1) is 9.04. The zero-order valence-corrected chi connectivity index (χ0v) is 11.9. The van der Waals surface area contributed by atoms with E-state index < -0.39 is 5.97 Å². The third-order valence-corrected chi connectivity index (χ3v) is 4.11. The van der Waals surface area contributed by atoms with E-state index in [1.807, 2.05) is 0 Å². The second-order valence-corrected chi connectivity index (χ2v) is 5.82. The number of aliphatic carboxylic acids is 1. The summed E-state index contributed by atoms with van der Waals surface area (Å²) in [7, 11) is 0. The molecule has 0 aliphatic carbocycles. The van der Waals surface area contributed by atoms with Gasteiger partial charge in [0.2, 0.25) is 0 Å². The van der Waals surface area contributed by atoms with Gasteiger partial charge < -0.3 is 14.6 Å². The maximum absolute atomic E-state index is 10.5. The smallest absolute Gasteiger partial charge is 0.329 e. The summed E-state index contributed by atoms with van der Waals surface area (Å²) in [6.45, 7) is 6.13. The Kier molecular flexibility index (Phi) is 5.19. The summed E-state index contributed by atoms with van der Waals surface area (Å²) in [6.07, 6.45) is 4.88. The predicted molar refractivity (Wildman–Crippen MR) is 71.2 cm³/mol. The van der Waals surface area contributed by atoms with Crippen molar-refractivity contribution in [2.75, 3.05) is 19.7 Å². The van der Waals surface area contributed by atoms with Gasteiger partial charge in [-0.2, -0.15) is 0 Å². The molecule has 0 aromatic heterocycles. The van der Waals surface area contributed by atoms with Crippen molar-refractivity contribution in [2.45, 2.75) is 63.9 Å². The van der Waals surface area contributed by atoms with Crippen LogP contribution in [0.5, 0.6) is 0 Å². The Morgan fingerprint density at radius 1 is 1.26 bits per heavy atom. The molecule has 19 heavy (non-hydrogen) atoms. The maximum Gasteiger partial charge on any atom is 0.329 e. The predicted octanol–water partition coefficient (Wildman–Crippen LogP) is 1.51. The van der Waals surface area contributed by atoms with E-state index in [4.69, 9.17) is 14.6 Å². The summed E-state index contributed by atoms with van der Waals surface area (Å²) in [6, 6.07) is 0.610. The number of carbonyl (C=O) groups is 1. The molecule has 0 amide bonds. The van der Waals surface area contributed by atoms with Crippen LogP contribution in [0, 0.1) is 0 Å². The Morgan fingerprint density at radius 2 is 1.84 bits per heavy atom. The highest BCUT2D eigenvalue weighted by molar-refractivity contribution is 5.68. The topological polar surface area (TPSA) is 59.0 Å². The third-order valence-electron chi connectivity index (χ3n) is 4.11. The fourth-order valence-corrected chi connectivity index (χ4v) is 3.27. The van der Waals surface area contributed by atoms with Crippen molar-refractivity contribution in [3.8, 4) is 0 Å². The molecular weight excluding hydrogens is 246 g/mol. The first-order valence-electron chi connectivity index (χ1n) is 7.27. The van der Waals surface area contributed by atoms with Crippen molar-refractivity contribution in [2.24, 2.45) is 0 Å². The van der Waals surface area contributed by atoms with Crippen LogP contribution in [-0.4, -0.2) is 60.0 Å². The molecule has 0 spiro atoms. The van der Waals surface area contributed by atoms with Crippen molar-refractivity contribution in [3.63, 3.8) is 0 Å². The van der Waals surface area contributed by atoms with Gasteiger partial charge in [-0.25, -0.2) is 4.79 Å². The highest BCUT2D eigenvalue weighted by Crippen LogP contribution is 2.26. The van der Waals surface area contributed by atoms with Crippen LogP contribution < -0.4 is 0 Å². The van der Waals surface area contributed by atoms with Crippen molar-refractivity contribution < 1.29 is 19.4 Å². The second-order valence-electron chi connectivity index (χ2n) is 5.82. The summed E-state index contributed by atoms with van der Waals surface area (Å²) in [5.74, 6) is -0.880. The van der Waals surface area contributed by atoms with E-state index in [9.17, 15) is 4.79 Å². The van der Waals surface area contributed by atoms with Gasteiger partial charge in [0, 0.05) is 19.1 Å². The van der Waals surface area contributed by atoms with Crippen LogP contribution in [-0.2, 0) is 14.3 Å². The number of carboxylic acids is 1. The molecular formula is C14H25NO4. The Labute approximate surface area is 114 Å². The van der Waals surface area contributed by atoms with Crippen LogP contribution in [0.3, 0.4) is 0 Å². The highest BCUT2D eigenvalue weighted by Gasteiger charge is 2.31. The molecule has 2 aliphatic heterocycles. The quantitative estimate of drug-likeness (QED) is 0.840. The molecule has 0 saturated carbocycles. The van der Waals surface area contributed by atoms with E-state index in [1.54, 1.807) is 0 Å². The van der Waals surface area contributed by atoms with Crippen molar-refractivity contribution in [1.29, 1.82) is 0 Å². The number of ether oxygens (including phenoxy) is 2. The van der Waals surface area contributed by atoms with Crippen LogP contribution in [0.15, 0.2) is 0 Å². The van der Waals surface area contributed by atoms with Gasteiger partial charge in [0.1, 0.15) is 6.61 Å². The number of carboxylic acid groups (broad SMARTS) is 1. The second kappa shape index (κ2) is 6.68. The lowest BCUT2D eigenvalue weighted by Gasteiger charge is -2.42. The molecule has 0 aromatic carbocycles. The van der Waals surface area contributed by atoms with E-state index in [0.717, 1.165) is 38.8 Å². The minimum Gasteiger partial charge on any atom is -0.480 e. The van der Waals surface area contributed by atoms with Crippen LogP contribution >= 0.6 is 0 Å². The Hall–Kier alpha value is -0.650. The highest BCUT2D eigenvalue weighted by atomic mass is 16.5. The third kappa shape index (κ3) is 4.44. The van der Waals surface area contributed by atoms with Crippen LogP contribution in [0.25, 0.3) is 0 Å². The SMILES string of the molecule is CC1CC(N2CCC(OCC(=O)O)CC2)CC(C)O1. The first-order valence-corrected chi connectivity index (χ1v) is 7.27. The Bertz CT molecular complexity index is 292. The first kappa shape index (κ1) is 14.8. The number of piperidine rings is 1. The Morgan fingerprint density at radius 3 is 2.37 bits per heavy atom. The van der Waals surface area contributed by atoms with Gasteiger partial charge in [-0.1, -0.05) is 0 Å². The fourth-order valence-electron chi connectivity index (χ4n) is 3.27. The normalized spacial score (nSPS) is 34.3. The monoisotopic (exact) mass is 271 g/mol. The summed E-state index contributed by atoms with van der Waals surface area (Å²) in [4.78, 5) is 13.0. The lowest BCUT2D eigenvalue weighted by atomic mass is 9.95. The van der Waals surface area contributed by atoms with Gasteiger partial charge in [0.05, 0.1) is 18.3 Å². The van der Waals surface area contributed by atoms with Gasteiger partial charge in [-0.15, -0.1) is 0 Å². The van der Waals surface area contributed by atoms with E-state index in [1.165, 1.54) is 0 Å². The maximum atomic E-state index is 10.5. The Balaban J connectivity index is 1.74. The summed E-state index contributed by atoms with van der Waals surface area (Å²) in [5, 5.41) is 8.61. The van der Waals surface area contributed by atoms with Crippen LogP contribution in [0.4, 0.5) is 0 Å². The number of likely N-dealkylation sites (tertiary alicyclic amines) is 1. The van der Waals surface area contributed by atoms with Gasteiger partial charge in [-0.05, 0) is 39.5 Å². The van der Waals surface area contributed by atoms with Crippen LogP contribution in [0.2, 0.25) is 0 Å². The molecule has 2 aliphatic rings. The van der Waals surface area contributed by atoms with Gasteiger partial charge in [0.15, 0.2) is 0 Å². The number of rotatable bonds is 4. The molecule has 2 heterocycles. The van der Waals surface area contributed by atoms with E-state index in [2.05, 4.69) is 18.7 Å². The standard InChI is InChI=1S/C14H25NO4/c1-10-7-12(8-11(2)19-10)15-5-3-13(4-6-15)18-9-14(16)17/h10-13H,3-9H2,1-2H3,(H,16,17). The van der Waals surface area contributed by atoms with Gasteiger partial charge >= 0.3 is 5.97 Å². The molecule has 110 valence electrons. The largest absolute Gasteiger partial charge is 0.480 e.